The highest BCUT2D eigenvalue weighted by Gasteiger charge is 2.24. The molecular weight excluding hydrogens is 236 g/mol. The van der Waals surface area contributed by atoms with Crippen molar-refractivity contribution in [2.75, 3.05) is 26.7 Å². The molecule has 94 valence electrons. The van der Waals surface area contributed by atoms with Crippen LogP contribution in [0, 0.1) is 0 Å². The number of likely N-dealkylation sites (N-methyl/N-ethyl adjacent to an activating group) is 1. The third-order valence-corrected chi connectivity index (χ3v) is 3.53. The Morgan fingerprint density at radius 1 is 1.47 bits per heavy atom. The Hall–Kier alpha value is -0.770. The zero-order chi connectivity index (χ0) is 12.3. The predicted octanol–water partition coefficient (Wildman–Crippen LogP) is 2.14. The summed E-state index contributed by atoms with van der Waals surface area (Å²) in [6.45, 7) is 6.29. The van der Waals surface area contributed by atoms with Gasteiger partial charge in [0.2, 0.25) is 0 Å². The van der Waals surface area contributed by atoms with Gasteiger partial charge in [-0.3, -0.25) is 4.90 Å². The summed E-state index contributed by atoms with van der Waals surface area (Å²) in [5.41, 5.74) is 1.16. The van der Waals surface area contributed by atoms with Gasteiger partial charge in [0, 0.05) is 36.3 Å². The number of methoxy groups -OCH3 is 1. The van der Waals surface area contributed by atoms with Crippen LogP contribution in [0.4, 0.5) is 0 Å². The molecule has 0 unspecified atom stereocenters. The molecule has 1 aromatic rings. The van der Waals surface area contributed by atoms with E-state index >= 15 is 0 Å². The third-order valence-electron chi connectivity index (χ3n) is 3.30. The molecule has 1 saturated heterocycles. The maximum Gasteiger partial charge on any atom is 0.123 e. The van der Waals surface area contributed by atoms with Gasteiger partial charge in [0.25, 0.3) is 0 Å². The van der Waals surface area contributed by atoms with Crippen molar-refractivity contribution in [1.29, 1.82) is 0 Å². The number of benzene rings is 1. The van der Waals surface area contributed by atoms with Gasteiger partial charge in [-0.25, -0.2) is 0 Å². The molecule has 0 amide bonds. The Kier molecular flexibility index (Phi) is 4.26. The second kappa shape index (κ2) is 5.71. The first-order valence-electron chi connectivity index (χ1n) is 6.01. The zero-order valence-corrected chi connectivity index (χ0v) is 11.1. The van der Waals surface area contributed by atoms with Crippen LogP contribution in [0.25, 0.3) is 0 Å². The number of ether oxygens (including phenoxy) is 1. The van der Waals surface area contributed by atoms with Crippen molar-refractivity contribution >= 4 is 11.6 Å². The standard InChI is InChI=1S/C13H19ClN2O/c1-3-16(12-7-15-8-12)9-10-6-11(14)4-5-13(10)17-2/h4-6,12,15H,3,7-9H2,1-2H3. The van der Waals surface area contributed by atoms with Gasteiger partial charge in [0.1, 0.15) is 5.75 Å². The summed E-state index contributed by atoms with van der Waals surface area (Å²) >= 11 is 6.04. The second-order valence-electron chi connectivity index (χ2n) is 4.33. The molecule has 3 nitrogen and oxygen atoms in total. The summed E-state index contributed by atoms with van der Waals surface area (Å²) in [5, 5.41) is 4.07. The summed E-state index contributed by atoms with van der Waals surface area (Å²) in [6, 6.07) is 6.44. The van der Waals surface area contributed by atoms with Gasteiger partial charge in [-0.2, -0.15) is 0 Å². The van der Waals surface area contributed by atoms with E-state index in [1.807, 2.05) is 18.2 Å². The van der Waals surface area contributed by atoms with E-state index in [1.54, 1.807) is 7.11 Å². The van der Waals surface area contributed by atoms with Crippen molar-refractivity contribution in [1.82, 2.24) is 10.2 Å². The number of nitrogens with one attached hydrogen (secondary N) is 1. The minimum atomic E-state index is 0.642. The van der Waals surface area contributed by atoms with E-state index in [1.165, 1.54) is 0 Å². The average molecular weight is 255 g/mol. The highest BCUT2D eigenvalue weighted by atomic mass is 35.5. The average Bonchev–Trinajstić information content (AvgIpc) is 2.26. The van der Waals surface area contributed by atoms with E-state index in [-0.39, 0.29) is 0 Å². The van der Waals surface area contributed by atoms with Crippen LogP contribution in [0.3, 0.4) is 0 Å². The minimum absolute atomic E-state index is 0.642. The molecule has 17 heavy (non-hydrogen) atoms. The van der Waals surface area contributed by atoms with Crippen molar-refractivity contribution in [2.24, 2.45) is 0 Å². The molecule has 1 aliphatic rings. The van der Waals surface area contributed by atoms with Gasteiger partial charge in [0.05, 0.1) is 7.11 Å². The van der Waals surface area contributed by atoms with E-state index in [0.717, 1.165) is 42.5 Å². The zero-order valence-electron chi connectivity index (χ0n) is 10.4. The molecule has 1 aromatic carbocycles. The maximum absolute atomic E-state index is 6.04. The van der Waals surface area contributed by atoms with Crippen LogP contribution in [-0.2, 0) is 6.54 Å². The molecule has 0 aromatic heterocycles. The summed E-state index contributed by atoms with van der Waals surface area (Å²) in [5.74, 6) is 0.917. The van der Waals surface area contributed by atoms with Crippen molar-refractivity contribution in [3.63, 3.8) is 0 Å². The number of rotatable bonds is 5. The molecule has 0 spiro atoms. The summed E-state index contributed by atoms with van der Waals surface area (Å²) in [7, 11) is 1.70. The maximum atomic E-state index is 6.04. The molecular formula is C13H19ClN2O. The molecule has 0 bridgehead atoms. The minimum Gasteiger partial charge on any atom is -0.496 e. The lowest BCUT2D eigenvalue weighted by Crippen LogP contribution is -2.56. The third kappa shape index (κ3) is 2.92. The summed E-state index contributed by atoms with van der Waals surface area (Å²) < 4.78 is 5.38. The van der Waals surface area contributed by atoms with Crippen LogP contribution in [0.15, 0.2) is 18.2 Å². The van der Waals surface area contributed by atoms with Gasteiger partial charge in [-0.05, 0) is 24.7 Å². The lowest BCUT2D eigenvalue weighted by atomic mass is 10.1. The van der Waals surface area contributed by atoms with E-state index in [0.29, 0.717) is 6.04 Å². The lowest BCUT2D eigenvalue weighted by molar-refractivity contribution is 0.144. The fourth-order valence-corrected chi connectivity index (χ4v) is 2.31. The largest absolute Gasteiger partial charge is 0.496 e. The first kappa shape index (κ1) is 12.7. The van der Waals surface area contributed by atoms with Gasteiger partial charge in [0.15, 0.2) is 0 Å². The Balaban J connectivity index is 2.12. The fourth-order valence-electron chi connectivity index (χ4n) is 2.12. The topological polar surface area (TPSA) is 24.5 Å². The van der Waals surface area contributed by atoms with Crippen molar-refractivity contribution in [3.8, 4) is 5.75 Å². The van der Waals surface area contributed by atoms with E-state index < -0.39 is 0 Å². The number of hydrogen-bond acceptors (Lipinski definition) is 3. The van der Waals surface area contributed by atoms with E-state index in [4.69, 9.17) is 16.3 Å². The summed E-state index contributed by atoms with van der Waals surface area (Å²) in [6.07, 6.45) is 0. The Bertz CT molecular complexity index is 380. The molecule has 1 heterocycles. The Morgan fingerprint density at radius 3 is 2.76 bits per heavy atom. The molecule has 1 aliphatic heterocycles. The lowest BCUT2D eigenvalue weighted by Gasteiger charge is -2.37. The van der Waals surface area contributed by atoms with Crippen molar-refractivity contribution < 1.29 is 4.74 Å². The Labute approximate surface area is 108 Å². The number of halogens is 1. The molecule has 0 radical (unpaired) electrons. The van der Waals surface area contributed by atoms with Crippen LogP contribution in [0.5, 0.6) is 5.75 Å². The van der Waals surface area contributed by atoms with Crippen LogP contribution in [0.2, 0.25) is 5.02 Å². The molecule has 4 heteroatoms. The molecule has 1 fully saturated rings. The normalized spacial score (nSPS) is 16.0. The van der Waals surface area contributed by atoms with Gasteiger partial charge >= 0.3 is 0 Å². The quantitative estimate of drug-likeness (QED) is 0.872. The Morgan fingerprint density at radius 2 is 2.24 bits per heavy atom. The second-order valence-corrected chi connectivity index (χ2v) is 4.77. The smallest absolute Gasteiger partial charge is 0.123 e. The summed E-state index contributed by atoms with van der Waals surface area (Å²) in [4.78, 5) is 2.45. The van der Waals surface area contributed by atoms with E-state index in [2.05, 4.69) is 17.1 Å². The highest BCUT2D eigenvalue weighted by Crippen LogP contribution is 2.25. The number of hydrogen-bond donors (Lipinski definition) is 1. The molecule has 2 rings (SSSR count). The van der Waals surface area contributed by atoms with Crippen LogP contribution in [0.1, 0.15) is 12.5 Å². The predicted molar refractivity (Wildman–Crippen MR) is 70.7 cm³/mol. The van der Waals surface area contributed by atoms with Crippen LogP contribution < -0.4 is 10.1 Å². The fraction of sp³-hybridized carbons (Fsp3) is 0.538. The molecule has 1 N–H and O–H groups in total. The van der Waals surface area contributed by atoms with E-state index in [9.17, 15) is 0 Å². The first-order chi connectivity index (χ1) is 8.24. The monoisotopic (exact) mass is 254 g/mol. The SMILES string of the molecule is CCN(Cc1cc(Cl)ccc1OC)C1CNC1. The first-order valence-corrected chi connectivity index (χ1v) is 6.39. The molecule has 0 saturated carbocycles. The molecule has 0 atom stereocenters. The van der Waals surface area contributed by atoms with Crippen LogP contribution >= 0.6 is 11.6 Å². The van der Waals surface area contributed by atoms with Crippen molar-refractivity contribution in [3.05, 3.63) is 28.8 Å². The van der Waals surface area contributed by atoms with Crippen molar-refractivity contribution in [2.45, 2.75) is 19.5 Å². The highest BCUT2D eigenvalue weighted by molar-refractivity contribution is 6.30. The van der Waals surface area contributed by atoms with Gasteiger partial charge < -0.3 is 10.1 Å². The number of nitrogens with zero attached hydrogens (tertiary/aromatic N) is 1. The van der Waals surface area contributed by atoms with Gasteiger partial charge in [-0.15, -0.1) is 0 Å². The van der Waals surface area contributed by atoms with Crippen LogP contribution in [-0.4, -0.2) is 37.7 Å². The molecule has 0 aliphatic carbocycles. The van der Waals surface area contributed by atoms with Gasteiger partial charge in [-0.1, -0.05) is 18.5 Å².